The fraction of sp³-hybridized carbons (Fsp3) is 0.562. The summed E-state index contributed by atoms with van der Waals surface area (Å²) in [6.07, 6.45) is 2.81. The van der Waals surface area contributed by atoms with Crippen molar-refractivity contribution in [1.82, 2.24) is 10.2 Å². The van der Waals surface area contributed by atoms with E-state index in [1.165, 1.54) is 0 Å². The van der Waals surface area contributed by atoms with Crippen LogP contribution in [0.1, 0.15) is 18.4 Å². The number of rotatable bonds is 2. The Bertz CT molecular complexity index is 477. The molecule has 0 aromatic heterocycles. The van der Waals surface area contributed by atoms with E-state index in [4.69, 9.17) is 0 Å². The second-order valence-corrected chi connectivity index (χ2v) is 6.76. The first-order chi connectivity index (χ1) is 9.74. The van der Waals surface area contributed by atoms with Crippen molar-refractivity contribution in [2.45, 2.75) is 19.3 Å². The summed E-state index contributed by atoms with van der Waals surface area (Å²) in [5.41, 5.74) is 1.09. The number of nitrogens with one attached hydrogen (secondary N) is 1. The van der Waals surface area contributed by atoms with E-state index in [-0.39, 0.29) is 5.91 Å². The highest BCUT2D eigenvalue weighted by molar-refractivity contribution is 9.10. The van der Waals surface area contributed by atoms with Crippen molar-refractivity contribution < 1.29 is 4.79 Å². The molecule has 2 fully saturated rings. The van der Waals surface area contributed by atoms with Gasteiger partial charge in [0.25, 0.3) is 0 Å². The SMILES string of the molecule is O=C(Cc1ccccc1Br)N1CC[C@@H]2CNC[C@@H]2CC1. The lowest BCUT2D eigenvalue weighted by atomic mass is 9.92. The summed E-state index contributed by atoms with van der Waals surface area (Å²) in [6, 6.07) is 8.00. The highest BCUT2D eigenvalue weighted by Gasteiger charge is 2.31. The van der Waals surface area contributed by atoms with Crippen LogP contribution in [0.15, 0.2) is 28.7 Å². The van der Waals surface area contributed by atoms with Gasteiger partial charge in [-0.1, -0.05) is 34.1 Å². The molecule has 2 aliphatic rings. The van der Waals surface area contributed by atoms with Crippen LogP contribution in [-0.4, -0.2) is 37.0 Å². The van der Waals surface area contributed by atoms with Crippen LogP contribution in [0.2, 0.25) is 0 Å². The van der Waals surface area contributed by atoms with Crippen LogP contribution in [-0.2, 0) is 11.2 Å². The van der Waals surface area contributed by atoms with E-state index >= 15 is 0 Å². The van der Waals surface area contributed by atoms with Crippen LogP contribution < -0.4 is 5.32 Å². The molecule has 4 heteroatoms. The number of fused-ring (bicyclic) bond motifs is 1. The number of carbonyl (C=O) groups excluding carboxylic acids is 1. The third-order valence-electron chi connectivity index (χ3n) is 4.67. The van der Waals surface area contributed by atoms with E-state index in [2.05, 4.69) is 26.1 Å². The van der Waals surface area contributed by atoms with Crippen molar-refractivity contribution in [3.63, 3.8) is 0 Å². The first-order valence-electron chi connectivity index (χ1n) is 7.46. The first kappa shape index (κ1) is 14.1. The van der Waals surface area contributed by atoms with Gasteiger partial charge in [-0.2, -0.15) is 0 Å². The van der Waals surface area contributed by atoms with Gasteiger partial charge in [-0.25, -0.2) is 0 Å². The quantitative estimate of drug-likeness (QED) is 0.899. The molecule has 1 N–H and O–H groups in total. The number of likely N-dealkylation sites (tertiary alicyclic amines) is 1. The molecule has 2 atom stereocenters. The van der Waals surface area contributed by atoms with Gasteiger partial charge < -0.3 is 10.2 Å². The molecule has 2 saturated heterocycles. The fourth-order valence-electron chi connectivity index (χ4n) is 3.38. The van der Waals surface area contributed by atoms with Gasteiger partial charge in [0.1, 0.15) is 0 Å². The molecule has 1 aromatic carbocycles. The second kappa shape index (κ2) is 6.27. The number of benzene rings is 1. The smallest absolute Gasteiger partial charge is 0.227 e. The first-order valence-corrected chi connectivity index (χ1v) is 8.25. The summed E-state index contributed by atoms with van der Waals surface area (Å²) in [5, 5.41) is 3.47. The minimum Gasteiger partial charge on any atom is -0.342 e. The predicted molar refractivity (Wildman–Crippen MR) is 83.5 cm³/mol. The van der Waals surface area contributed by atoms with Crippen LogP contribution in [0.3, 0.4) is 0 Å². The standard InChI is InChI=1S/C16H21BrN2O/c17-15-4-2-1-3-12(15)9-16(20)19-7-5-13-10-18-11-14(13)6-8-19/h1-4,13-14,18H,5-11H2/t13-,14+. The topological polar surface area (TPSA) is 32.3 Å². The van der Waals surface area contributed by atoms with Gasteiger partial charge >= 0.3 is 0 Å². The Hall–Kier alpha value is -0.870. The molecular weight excluding hydrogens is 316 g/mol. The minimum absolute atomic E-state index is 0.268. The number of hydrogen-bond acceptors (Lipinski definition) is 2. The molecule has 108 valence electrons. The molecule has 2 aliphatic heterocycles. The predicted octanol–water partition coefficient (Wildman–Crippen LogP) is 2.45. The van der Waals surface area contributed by atoms with Gasteiger partial charge in [0.15, 0.2) is 0 Å². The average molecular weight is 337 g/mol. The molecular formula is C16H21BrN2O. The van der Waals surface area contributed by atoms with Crippen LogP contribution >= 0.6 is 15.9 Å². The zero-order valence-corrected chi connectivity index (χ0v) is 13.2. The van der Waals surface area contributed by atoms with E-state index in [1.807, 2.05) is 24.3 Å². The lowest BCUT2D eigenvalue weighted by Crippen LogP contribution is -2.34. The molecule has 2 heterocycles. The van der Waals surface area contributed by atoms with Gasteiger partial charge in [0.2, 0.25) is 5.91 Å². The van der Waals surface area contributed by atoms with E-state index in [0.717, 1.165) is 60.9 Å². The monoisotopic (exact) mass is 336 g/mol. The number of amides is 1. The lowest BCUT2D eigenvalue weighted by molar-refractivity contribution is -0.130. The third-order valence-corrected chi connectivity index (χ3v) is 5.45. The number of carbonyl (C=O) groups is 1. The summed E-state index contributed by atoms with van der Waals surface area (Å²) in [6.45, 7) is 4.12. The van der Waals surface area contributed by atoms with Gasteiger partial charge in [-0.05, 0) is 49.4 Å². The van der Waals surface area contributed by atoms with E-state index in [0.29, 0.717) is 6.42 Å². The Balaban J connectivity index is 1.61. The Kier molecular flexibility index (Phi) is 4.41. The number of hydrogen-bond donors (Lipinski definition) is 1. The van der Waals surface area contributed by atoms with Gasteiger partial charge in [0, 0.05) is 17.6 Å². The zero-order chi connectivity index (χ0) is 13.9. The number of nitrogens with zero attached hydrogens (tertiary/aromatic N) is 1. The Morgan fingerprint density at radius 2 is 1.85 bits per heavy atom. The summed E-state index contributed by atoms with van der Waals surface area (Å²) >= 11 is 3.52. The van der Waals surface area contributed by atoms with Gasteiger partial charge in [-0.15, -0.1) is 0 Å². The molecule has 3 rings (SSSR count). The van der Waals surface area contributed by atoms with Crippen molar-refractivity contribution in [2.75, 3.05) is 26.2 Å². The maximum absolute atomic E-state index is 12.5. The molecule has 1 amide bonds. The molecule has 0 unspecified atom stereocenters. The van der Waals surface area contributed by atoms with Crippen molar-refractivity contribution in [3.05, 3.63) is 34.3 Å². The molecule has 0 bridgehead atoms. The fourth-order valence-corrected chi connectivity index (χ4v) is 3.81. The highest BCUT2D eigenvalue weighted by atomic mass is 79.9. The molecule has 0 saturated carbocycles. The maximum atomic E-state index is 12.5. The van der Waals surface area contributed by atoms with E-state index in [1.54, 1.807) is 0 Å². The summed E-state index contributed by atoms with van der Waals surface area (Å²) in [5.74, 6) is 1.82. The van der Waals surface area contributed by atoms with Gasteiger partial charge in [0.05, 0.1) is 6.42 Å². The summed E-state index contributed by atoms with van der Waals surface area (Å²) in [4.78, 5) is 14.5. The minimum atomic E-state index is 0.268. The molecule has 0 radical (unpaired) electrons. The van der Waals surface area contributed by atoms with E-state index < -0.39 is 0 Å². The van der Waals surface area contributed by atoms with Crippen molar-refractivity contribution in [1.29, 1.82) is 0 Å². The number of halogens is 1. The Morgan fingerprint density at radius 3 is 2.50 bits per heavy atom. The molecule has 0 aliphatic carbocycles. The molecule has 1 aromatic rings. The van der Waals surface area contributed by atoms with Crippen LogP contribution in [0.4, 0.5) is 0 Å². The van der Waals surface area contributed by atoms with Gasteiger partial charge in [-0.3, -0.25) is 4.79 Å². The van der Waals surface area contributed by atoms with Crippen molar-refractivity contribution in [3.8, 4) is 0 Å². The Labute approximate surface area is 128 Å². The third kappa shape index (κ3) is 3.07. The van der Waals surface area contributed by atoms with Crippen molar-refractivity contribution >= 4 is 21.8 Å². The van der Waals surface area contributed by atoms with Crippen molar-refractivity contribution in [2.24, 2.45) is 11.8 Å². The van der Waals surface area contributed by atoms with E-state index in [9.17, 15) is 4.79 Å². The summed E-state index contributed by atoms with van der Waals surface area (Å²) in [7, 11) is 0. The normalized spacial score (nSPS) is 26.1. The molecule has 3 nitrogen and oxygen atoms in total. The van der Waals surface area contributed by atoms with Crippen LogP contribution in [0.25, 0.3) is 0 Å². The second-order valence-electron chi connectivity index (χ2n) is 5.90. The molecule has 20 heavy (non-hydrogen) atoms. The zero-order valence-electron chi connectivity index (χ0n) is 11.6. The van der Waals surface area contributed by atoms with Crippen LogP contribution in [0.5, 0.6) is 0 Å². The average Bonchev–Trinajstić information content (AvgIpc) is 2.80. The maximum Gasteiger partial charge on any atom is 0.227 e. The highest BCUT2D eigenvalue weighted by Crippen LogP contribution is 2.27. The molecule has 0 spiro atoms. The summed E-state index contributed by atoms with van der Waals surface area (Å²) < 4.78 is 1.03. The lowest BCUT2D eigenvalue weighted by Gasteiger charge is -2.21. The van der Waals surface area contributed by atoms with Crippen LogP contribution in [0, 0.1) is 11.8 Å². The Morgan fingerprint density at radius 1 is 1.20 bits per heavy atom. The largest absolute Gasteiger partial charge is 0.342 e.